The minimum Gasteiger partial charge on any atom is -0.298 e. The maximum absolute atomic E-state index is 13.8. The van der Waals surface area contributed by atoms with Crippen molar-refractivity contribution in [2.75, 3.05) is 5.32 Å². The fourth-order valence-electron chi connectivity index (χ4n) is 2.31. The molecule has 8 heteroatoms. The maximum atomic E-state index is 13.8. The predicted octanol–water partition coefficient (Wildman–Crippen LogP) is 4.95. The SMILES string of the molecule is O=C(Nc1nc(-c2cc(F)ccc2F)cs1)c1ccc2ncsc2c1. The number of benzene rings is 2. The number of hydrogen-bond acceptors (Lipinski definition) is 5. The molecule has 4 aromatic rings. The third-order valence-electron chi connectivity index (χ3n) is 3.52. The number of nitrogens with one attached hydrogen (secondary N) is 1. The van der Waals surface area contributed by atoms with Gasteiger partial charge in [0.25, 0.3) is 5.91 Å². The van der Waals surface area contributed by atoms with Gasteiger partial charge in [0.2, 0.25) is 0 Å². The van der Waals surface area contributed by atoms with E-state index in [2.05, 4.69) is 15.3 Å². The van der Waals surface area contributed by atoms with E-state index in [1.807, 2.05) is 0 Å². The minimum atomic E-state index is -0.569. The summed E-state index contributed by atoms with van der Waals surface area (Å²) in [7, 11) is 0. The Labute approximate surface area is 148 Å². The average Bonchev–Trinajstić information content (AvgIpc) is 3.25. The van der Waals surface area contributed by atoms with Crippen LogP contribution >= 0.6 is 22.7 Å². The van der Waals surface area contributed by atoms with Gasteiger partial charge in [0.15, 0.2) is 5.13 Å². The molecule has 0 atom stereocenters. The van der Waals surface area contributed by atoms with Crippen LogP contribution in [0.4, 0.5) is 13.9 Å². The Hall–Kier alpha value is -2.71. The Morgan fingerprint density at radius 3 is 2.84 bits per heavy atom. The first-order valence-corrected chi connectivity index (χ1v) is 8.91. The molecular weight excluding hydrogens is 364 g/mol. The van der Waals surface area contributed by atoms with Crippen molar-refractivity contribution >= 4 is 43.9 Å². The number of anilines is 1. The predicted molar refractivity (Wildman–Crippen MR) is 95.0 cm³/mol. The quantitative estimate of drug-likeness (QED) is 0.553. The van der Waals surface area contributed by atoms with Gasteiger partial charge in [-0.2, -0.15) is 0 Å². The largest absolute Gasteiger partial charge is 0.298 e. The number of amides is 1. The average molecular weight is 373 g/mol. The van der Waals surface area contributed by atoms with Crippen LogP contribution in [0.5, 0.6) is 0 Å². The Morgan fingerprint density at radius 1 is 1.08 bits per heavy atom. The summed E-state index contributed by atoms with van der Waals surface area (Å²) >= 11 is 2.59. The van der Waals surface area contributed by atoms with Gasteiger partial charge in [0, 0.05) is 16.5 Å². The molecule has 124 valence electrons. The Kier molecular flexibility index (Phi) is 3.98. The number of thiazole rings is 2. The van der Waals surface area contributed by atoms with Gasteiger partial charge < -0.3 is 0 Å². The number of nitrogens with zero attached hydrogens (tertiary/aromatic N) is 2. The van der Waals surface area contributed by atoms with Crippen molar-refractivity contribution in [2.24, 2.45) is 0 Å². The molecule has 0 bridgehead atoms. The highest BCUT2D eigenvalue weighted by Gasteiger charge is 2.13. The number of fused-ring (bicyclic) bond motifs is 1. The number of carbonyl (C=O) groups is 1. The van der Waals surface area contributed by atoms with Crippen LogP contribution in [0.2, 0.25) is 0 Å². The van der Waals surface area contributed by atoms with Crippen molar-refractivity contribution in [1.82, 2.24) is 9.97 Å². The van der Waals surface area contributed by atoms with Crippen molar-refractivity contribution in [2.45, 2.75) is 0 Å². The molecule has 0 saturated carbocycles. The van der Waals surface area contributed by atoms with Gasteiger partial charge in [0.1, 0.15) is 11.6 Å². The van der Waals surface area contributed by atoms with Crippen molar-refractivity contribution < 1.29 is 13.6 Å². The Bertz CT molecular complexity index is 1090. The third kappa shape index (κ3) is 3.13. The molecule has 1 N–H and O–H groups in total. The molecule has 0 fully saturated rings. The van der Waals surface area contributed by atoms with Crippen LogP contribution in [0.1, 0.15) is 10.4 Å². The normalized spacial score (nSPS) is 11.0. The highest BCUT2D eigenvalue weighted by Crippen LogP contribution is 2.28. The summed E-state index contributed by atoms with van der Waals surface area (Å²) in [6.07, 6.45) is 0. The fourth-order valence-corrected chi connectivity index (χ4v) is 3.74. The number of rotatable bonds is 3. The molecular formula is C17H9F2N3OS2. The lowest BCUT2D eigenvalue weighted by Crippen LogP contribution is -2.11. The van der Waals surface area contributed by atoms with Crippen LogP contribution in [0.25, 0.3) is 21.5 Å². The van der Waals surface area contributed by atoms with Crippen LogP contribution in [-0.2, 0) is 0 Å². The molecule has 4 rings (SSSR count). The van der Waals surface area contributed by atoms with Gasteiger partial charge in [-0.15, -0.1) is 22.7 Å². The molecule has 25 heavy (non-hydrogen) atoms. The zero-order valence-electron chi connectivity index (χ0n) is 12.5. The molecule has 2 aromatic carbocycles. The summed E-state index contributed by atoms with van der Waals surface area (Å²) in [5, 5.41) is 4.56. The van der Waals surface area contributed by atoms with Gasteiger partial charge in [-0.3, -0.25) is 10.1 Å². The summed E-state index contributed by atoms with van der Waals surface area (Å²) in [6.45, 7) is 0. The summed E-state index contributed by atoms with van der Waals surface area (Å²) in [5.41, 5.74) is 3.36. The van der Waals surface area contributed by atoms with Gasteiger partial charge >= 0.3 is 0 Å². The van der Waals surface area contributed by atoms with Gasteiger partial charge in [-0.05, 0) is 36.4 Å². The minimum absolute atomic E-state index is 0.0582. The first-order chi connectivity index (χ1) is 12.1. The monoisotopic (exact) mass is 373 g/mol. The lowest BCUT2D eigenvalue weighted by atomic mass is 10.1. The maximum Gasteiger partial charge on any atom is 0.257 e. The van der Waals surface area contributed by atoms with Gasteiger partial charge in [-0.25, -0.2) is 18.7 Å². The Balaban J connectivity index is 1.58. The summed E-state index contributed by atoms with van der Waals surface area (Å²) in [5.74, 6) is -1.44. The summed E-state index contributed by atoms with van der Waals surface area (Å²) in [6, 6.07) is 8.38. The smallest absolute Gasteiger partial charge is 0.257 e. The topological polar surface area (TPSA) is 54.9 Å². The molecule has 0 aliphatic heterocycles. The van der Waals surface area contributed by atoms with E-state index in [1.165, 1.54) is 11.3 Å². The molecule has 0 spiro atoms. The van der Waals surface area contributed by atoms with Crippen LogP contribution in [0.15, 0.2) is 47.3 Å². The number of aromatic nitrogens is 2. The molecule has 0 unspecified atom stereocenters. The second-order valence-electron chi connectivity index (χ2n) is 5.15. The lowest BCUT2D eigenvalue weighted by molar-refractivity contribution is 0.102. The van der Waals surface area contributed by atoms with Gasteiger partial charge in [-0.1, -0.05) is 0 Å². The Morgan fingerprint density at radius 2 is 1.96 bits per heavy atom. The first kappa shape index (κ1) is 15.8. The third-order valence-corrected chi connectivity index (χ3v) is 5.07. The molecule has 0 saturated heterocycles. The van der Waals surface area contributed by atoms with Crippen molar-refractivity contribution in [1.29, 1.82) is 0 Å². The summed E-state index contributed by atoms with van der Waals surface area (Å²) < 4.78 is 28.0. The van der Waals surface area contributed by atoms with E-state index < -0.39 is 11.6 Å². The zero-order chi connectivity index (χ0) is 17.4. The highest BCUT2D eigenvalue weighted by molar-refractivity contribution is 7.16. The van der Waals surface area contributed by atoms with E-state index >= 15 is 0 Å². The molecule has 0 aliphatic carbocycles. The molecule has 1 amide bonds. The van der Waals surface area contributed by atoms with Gasteiger partial charge in [0.05, 0.1) is 21.4 Å². The standard InChI is InChI=1S/C17H9F2N3OS2/c18-10-2-3-12(19)11(6-10)14-7-24-17(21-14)22-16(23)9-1-4-13-15(5-9)25-8-20-13/h1-8H,(H,21,22,23). The molecule has 2 aromatic heterocycles. The van der Waals surface area contributed by atoms with E-state index in [0.29, 0.717) is 10.7 Å². The number of halogens is 2. The van der Waals surface area contributed by atoms with Crippen molar-refractivity contribution in [3.8, 4) is 11.3 Å². The second-order valence-corrected chi connectivity index (χ2v) is 6.90. The second kappa shape index (κ2) is 6.30. The molecule has 4 nitrogen and oxygen atoms in total. The fraction of sp³-hybridized carbons (Fsp3) is 0. The number of carbonyl (C=O) groups excluding carboxylic acids is 1. The first-order valence-electron chi connectivity index (χ1n) is 7.16. The lowest BCUT2D eigenvalue weighted by Gasteiger charge is -2.02. The number of hydrogen-bond donors (Lipinski definition) is 1. The zero-order valence-corrected chi connectivity index (χ0v) is 14.1. The van der Waals surface area contributed by atoms with Crippen LogP contribution in [-0.4, -0.2) is 15.9 Å². The van der Waals surface area contributed by atoms with Crippen LogP contribution in [0.3, 0.4) is 0 Å². The van der Waals surface area contributed by atoms with E-state index in [1.54, 1.807) is 29.1 Å². The molecule has 0 radical (unpaired) electrons. The molecule has 2 heterocycles. The highest BCUT2D eigenvalue weighted by atomic mass is 32.1. The van der Waals surface area contributed by atoms with Crippen LogP contribution < -0.4 is 5.32 Å². The van der Waals surface area contributed by atoms with E-state index in [-0.39, 0.29) is 17.2 Å². The summed E-state index contributed by atoms with van der Waals surface area (Å²) in [4.78, 5) is 20.7. The van der Waals surface area contributed by atoms with E-state index in [0.717, 1.165) is 39.8 Å². The van der Waals surface area contributed by atoms with E-state index in [9.17, 15) is 13.6 Å². The van der Waals surface area contributed by atoms with Crippen LogP contribution in [0, 0.1) is 11.6 Å². The van der Waals surface area contributed by atoms with Crippen molar-refractivity contribution in [3.05, 3.63) is 64.5 Å². The van der Waals surface area contributed by atoms with E-state index in [4.69, 9.17) is 0 Å². The molecule has 0 aliphatic rings. The van der Waals surface area contributed by atoms with Crippen molar-refractivity contribution in [3.63, 3.8) is 0 Å².